The van der Waals surface area contributed by atoms with Crippen LogP contribution in [0.1, 0.15) is 6.92 Å². The molecule has 2 rings (SSSR count). The molecule has 15 heavy (non-hydrogen) atoms. The van der Waals surface area contributed by atoms with E-state index in [1.165, 1.54) is 18.2 Å². The lowest BCUT2D eigenvalue weighted by Gasteiger charge is -2.22. The molecule has 0 aliphatic carbocycles. The van der Waals surface area contributed by atoms with Gasteiger partial charge in [-0.1, -0.05) is 0 Å². The average Bonchev–Trinajstić information content (AvgIpc) is 2.19. The van der Waals surface area contributed by atoms with Gasteiger partial charge in [-0.2, -0.15) is 0 Å². The Balaban J connectivity index is 2.41. The van der Waals surface area contributed by atoms with Gasteiger partial charge in [0.15, 0.2) is 6.10 Å². The predicted molar refractivity (Wildman–Crippen MR) is 51.8 cm³/mol. The van der Waals surface area contributed by atoms with Gasteiger partial charge in [0.25, 0.3) is 11.6 Å². The van der Waals surface area contributed by atoms with E-state index in [2.05, 4.69) is 5.32 Å². The highest BCUT2D eigenvalue weighted by Gasteiger charge is 2.24. The van der Waals surface area contributed by atoms with Gasteiger partial charge in [-0.25, -0.2) is 0 Å². The number of hydrogen-bond acceptors (Lipinski definition) is 4. The maximum atomic E-state index is 11.2. The lowest BCUT2D eigenvalue weighted by molar-refractivity contribution is -0.384. The predicted octanol–water partition coefficient (Wildman–Crippen LogP) is 1.31. The molecule has 78 valence electrons. The number of carbonyl (C=O) groups is 1. The first kappa shape index (κ1) is 9.45. The van der Waals surface area contributed by atoms with Gasteiger partial charge in [0.2, 0.25) is 0 Å². The van der Waals surface area contributed by atoms with Crippen LogP contribution in [0.5, 0.6) is 5.75 Å². The number of benzene rings is 1. The van der Waals surface area contributed by atoms with Crippen LogP contribution in [0.4, 0.5) is 11.4 Å². The van der Waals surface area contributed by atoms with Gasteiger partial charge in [-0.3, -0.25) is 14.9 Å². The van der Waals surface area contributed by atoms with Crippen molar-refractivity contribution in [2.24, 2.45) is 0 Å². The lowest BCUT2D eigenvalue weighted by Crippen LogP contribution is -2.34. The number of anilines is 1. The number of carbonyl (C=O) groups excluding carboxylic acids is 1. The summed E-state index contributed by atoms with van der Waals surface area (Å²) in [5, 5.41) is 13.0. The zero-order valence-corrected chi connectivity index (χ0v) is 7.89. The number of nitrogens with zero attached hydrogens (tertiary/aromatic N) is 1. The Kier molecular flexibility index (Phi) is 2.03. The first-order valence-electron chi connectivity index (χ1n) is 4.34. The smallest absolute Gasteiger partial charge is 0.271 e. The van der Waals surface area contributed by atoms with Crippen molar-refractivity contribution < 1.29 is 14.5 Å². The number of non-ortho nitro benzene ring substituents is 1. The number of nitrogens with one attached hydrogen (secondary N) is 1. The topological polar surface area (TPSA) is 81.5 Å². The molecule has 1 aliphatic rings. The molecule has 0 spiro atoms. The summed E-state index contributed by atoms with van der Waals surface area (Å²) < 4.78 is 5.24. The molecule has 6 heteroatoms. The van der Waals surface area contributed by atoms with Crippen LogP contribution in [0.3, 0.4) is 0 Å². The van der Waals surface area contributed by atoms with Gasteiger partial charge in [-0.15, -0.1) is 0 Å². The summed E-state index contributed by atoms with van der Waals surface area (Å²) in [5.74, 6) is 0.149. The van der Waals surface area contributed by atoms with Crippen LogP contribution in [-0.2, 0) is 4.79 Å². The third-order valence-electron chi connectivity index (χ3n) is 2.10. The zero-order valence-electron chi connectivity index (χ0n) is 7.89. The highest BCUT2D eigenvalue weighted by atomic mass is 16.6. The molecule has 0 saturated carbocycles. The second-order valence-corrected chi connectivity index (χ2v) is 3.19. The molecule has 1 aliphatic heterocycles. The molecule has 0 unspecified atom stereocenters. The normalized spacial score (nSPS) is 18.7. The van der Waals surface area contributed by atoms with E-state index in [0.717, 1.165) is 0 Å². The first-order valence-corrected chi connectivity index (χ1v) is 4.34. The third-order valence-corrected chi connectivity index (χ3v) is 2.10. The van der Waals surface area contributed by atoms with E-state index in [-0.39, 0.29) is 11.6 Å². The molecule has 6 nitrogen and oxygen atoms in total. The zero-order chi connectivity index (χ0) is 11.0. The Hall–Kier alpha value is -2.11. The van der Waals surface area contributed by atoms with Crippen molar-refractivity contribution >= 4 is 17.3 Å². The molecule has 0 saturated heterocycles. The van der Waals surface area contributed by atoms with Crippen LogP contribution in [0.25, 0.3) is 0 Å². The molecule has 1 atom stereocenters. The van der Waals surface area contributed by atoms with Crippen molar-refractivity contribution in [3.05, 3.63) is 28.3 Å². The first-order chi connectivity index (χ1) is 7.08. The second-order valence-electron chi connectivity index (χ2n) is 3.19. The van der Waals surface area contributed by atoms with Gasteiger partial charge in [0.05, 0.1) is 10.6 Å². The summed E-state index contributed by atoms with van der Waals surface area (Å²) in [6, 6.07) is 4.09. The molecule has 0 radical (unpaired) electrons. The quantitative estimate of drug-likeness (QED) is 0.557. The molecule has 0 bridgehead atoms. The summed E-state index contributed by atoms with van der Waals surface area (Å²) in [6.45, 7) is 1.61. The highest BCUT2D eigenvalue weighted by molar-refractivity contribution is 5.97. The molecule has 1 aromatic rings. The van der Waals surface area contributed by atoms with Crippen molar-refractivity contribution in [1.29, 1.82) is 0 Å². The maximum absolute atomic E-state index is 11.2. The molecule has 0 fully saturated rings. The minimum Gasteiger partial charge on any atom is -0.479 e. The number of nitro benzene ring substituents is 1. The second kappa shape index (κ2) is 3.23. The van der Waals surface area contributed by atoms with Gasteiger partial charge in [0, 0.05) is 12.1 Å². The van der Waals surface area contributed by atoms with Gasteiger partial charge >= 0.3 is 0 Å². The SMILES string of the molecule is C[C@H]1Oc2ccc([N+](=O)[O-])cc2NC1=O. The van der Waals surface area contributed by atoms with Crippen LogP contribution < -0.4 is 10.1 Å². The Morgan fingerprint density at radius 2 is 2.27 bits per heavy atom. The van der Waals surface area contributed by atoms with Gasteiger partial charge in [0.1, 0.15) is 5.75 Å². The maximum Gasteiger partial charge on any atom is 0.271 e. The van der Waals surface area contributed by atoms with E-state index in [9.17, 15) is 14.9 Å². The van der Waals surface area contributed by atoms with E-state index in [4.69, 9.17) is 4.74 Å². The number of hydrogen-bond donors (Lipinski definition) is 1. The third kappa shape index (κ3) is 1.61. The van der Waals surface area contributed by atoms with Crippen LogP contribution in [-0.4, -0.2) is 16.9 Å². The van der Waals surface area contributed by atoms with Crippen molar-refractivity contribution in [2.75, 3.05) is 5.32 Å². The average molecular weight is 208 g/mol. The molecule has 1 heterocycles. The van der Waals surface area contributed by atoms with E-state index in [0.29, 0.717) is 11.4 Å². The molecule has 1 aromatic carbocycles. The van der Waals surface area contributed by atoms with Gasteiger partial charge in [-0.05, 0) is 13.0 Å². The van der Waals surface area contributed by atoms with Crippen molar-refractivity contribution in [3.63, 3.8) is 0 Å². The Morgan fingerprint density at radius 3 is 2.93 bits per heavy atom. The fourth-order valence-corrected chi connectivity index (χ4v) is 1.31. The van der Waals surface area contributed by atoms with Crippen LogP contribution in [0.2, 0.25) is 0 Å². The monoisotopic (exact) mass is 208 g/mol. The van der Waals surface area contributed by atoms with Crippen molar-refractivity contribution in [1.82, 2.24) is 0 Å². The lowest BCUT2D eigenvalue weighted by atomic mass is 10.2. The molecular formula is C9H8N2O4. The van der Waals surface area contributed by atoms with E-state index in [1.807, 2.05) is 0 Å². The summed E-state index contributed by atoms with van der Waals surface area (Å²) >= 11 is 0. The minimum atomic E-state index is -0.570. The number of fused-ring (bicyclic) bond motifs is 1. The largest absolute Gasteiger partial charge is 0.479 e. The van der Waals surface area contributed by atoms with E-state index >= 15 is 0 Å². The van der Waals surface area contributed by atoms with Gasteiger partial charge < -0.3 is 10.1 Å². The Morgan fingerprint density at radius 1 is 1.53 bits per heavy atom. The van der Waals surface area contributed by atoms with Crippen molar-refractivity contribution in [3.8, 4) is 5.75 Å². The Labute approximate surface area is 85.0 Å². The molecule has 1 N–H and O–H groups in total. The fraction of sp³-hybridized carbons (Fsp3) is 0.222. The number of ether oxygens (including phenoxy) is 1. The van der Waals surface area contributed by atoms with Crippen molar-refractivity contribution in [2.45, 2.75) is 13.0 Å². The number of rotatable bonds is 1. The minimum absolute atomic E-state index is 0.0767. The molecule has 0 aromatic heterocycles. The van der Waals surface area contributed by atoms with Crippen LogP contribution >= 0.6 is 0 Å². The summed E-state index contributed by atoms with van der Waals surface area (Å²) in [6.07, 6.45) is -0.570. The van der Waals surface area contributed by atoms with Crippen LogP contribution in [0.15, 0.2) is 18.2 Å². The van der Waals surface area contributed by atoms with E-state index in [1.54, 1.807) is 6.92 Å². The summed E-state index contributed by atoms with van der Waals surface area (Å²) in [5.41, 5.74) is 0.263. The number of amides is 1. The Bertz CT molecular complexity index is 444. The highest BCUT2D eigenvalue weighted by Crippen LogP contribution is 2.32. The fourth-order valence-electron chi connectivity index (χ4n) is 1.31. The molecular weight excluding hydrogens is 200 g/mol. The standard InChI is InChI=1S/C9H8N2O4/c1-5-9(12)10-7-4-6(11(13)14)2-3-8(7)15-5/h2-5H,1H3,(H,10,12)/t5-/m1/s1. The number of nitro groups is 1. The van der Waals surface area contributed by atoms with E-state index < -0.39 is 11.0 Å². The summed E-state index contributed by atoms with van der Waals surface area (Å²) in [7, 11) is 0. The molecule has 1 amide bonds. The van der Waals surface area contributed by atoms with Crippen LogP contribution in [0, 0.1) is 10.1 Å². The summed E-state index contributed by atoms with van der Waals surface area (Å²) in [4.78, 5) is 21.2.